The van der Waals surface area contributed by atoms with Crippen molar-refractivity contribution in [1.29, 1.82) is 0 Å². The molecular weight excluding hydrogens is 267 g/mol. The molecule has 104 valence electrons. The van der Waals surface area contributed by atoms with Gasteiger partial charge in [0.15, 0.2) is 0 Å². The van der Waals surface area contributed by atoms with Crippen LogP contribution in [0, 0.1) is 5.82 Å². The summed E-state index contributed by atoms with van der Waals surface area (Å²) in [6.07, 6.45) is 3.43. The van der Waals surface area contributed by atoms with E-state index in [1.54, 1.807) is 18.0 Å². The van der Waals surface area contributed by atoms with Crippen molar-refractivity contribution in [2.45, 2.75) is 25.3 Å². The van der Waals surface area contributed by atoms with Crippen molar-refractivity contribution in [2.75, 3.05) is 20.1 Å². The number of carbonyl (C=O) groups excluding carboxylic acids is 1. The Kier molecular flexibility index (Phi) is 4.77. The molecule has 1 amide bonds. The average Bonchev–Trinajstić information content (AvgIpc) is 2.42. The summed E-state index contributed by atoms with van der Waals surface area (Å²) in [6.45, 7) is 1.61. The molecule has 0 bridgehead atoms. The molecule has 1 unspecified atom stereocenters. The van der Waals surface area contributed by atoms with Crippen LogP contribution >= 0.6 is 11.6 Å². The fourth-order valence-electron chi connectivity index (χ4n) is 2.37. The van der Waals surface area contributed by atoms with E-state index in [9.17, 15) is 9.18 Å². The summed E-state index contributed by atoms with van der Waals surface area (Å²) in [6, 6.07) is 4.62. The summed E-state index contributed by atoms with van der Waals surface area (Å²) in [7, 11) is 1.72. The lowest BCUT2D eigenvalue weighted by Gasteiger charge is -2.28. The molecule has 0 saturated carbocycles. The highest BCUT2D eigenvalue weighted by Crippen LogP contribution is 2.21. The first-order chi connectivity index (χ1) is 9.09. The summed E-state index contributed by atoms with van der Waals surface area (Å²) in [5.41, 5.74) is 0.222. The van der Waals surface area contributed by atoms with Crippen molar-refractivity contribution in [3.05, 3.63) is 34.6 Å². The van der Waals surface area contributed by atoms with Gasteiger partial charge in [0.05, 0.1) is 10.6 Å². The molecule has 2 rings (SSSR count). The lowest BCUT2D eigenvalue weighted by Crippen LogP contribution is -2.44. The number of halogens is 2. The van der Waals surface area contributed by atoms with Crippen LogP contribution in [0.4, 0.5) is 4.39 Å². The molecule has 1 N–H and O–H groups in total. The average molecular weight is 285 g/mol. The van der Waals surface area contributed by atoms with Crippen molar-refractivity contribution in [3.63, 3.8) is 0 Å². The number of piperidine rings is 1. The molecule has 1 aliphatic heterocycles. The largest absolute Gasteiger partial charge is 0.340 e. The maximum Gasteiger partial charge on any atom is 0.255 e. The van der Waals surface area contributed by atoms with Gasteiger partial charge in [0.1, 0.15) is 5.82 Å². The van der Waals surface area contributed by atoms with E-state index in [-0.39, 0.29) is 16.5 Å². The normalized spacial score (nSPS) is 19.2. The molecule has 1 atom stereocenters. The van der Waals surface area contributed by atoms with Crippen LogP contribution in [-0.4, -0.2) is 37.0 Å². The minimum Gasteiger partial charge on any atom is -0.340 e. The first-order valence-corrected chi connectivity index (χ1v) is 6.90. The van der Waals surface area contributed by atoms with E-state index < -0.39 is 5.82 Å². The van der Waals surface area contributed by atoms with Crippen LogP contribution in [0.25, 0.3) is 0 Å². The number of nitrogens with one attached hydrogen (secondary N) is 1. The Morgan fingerprint density at radius 1 is 1.53 bits per heavy atom. The van der Waals surface area contributed by atoms with E-state index in [1.165, 1.54) is 25.0 Å². The zero-order valence-electron chi connectivity index (χ0n) is 11.0. The lowest BCUT2D eigenvalue weighted by atomic mass is 10.0. The fraction of sp³-hybridized carbons (Fsp3) is 0.500. The molecule has 5 heteroatoms. The van der Waals surface area contributed by atoms with Gasteiger partial charge in [-0.3, -0.25) is 4.79 Å². The standard InChI is InChI=1S/C14H18ClFN2O/c1-18(9-10-5-2-3-8-17-10)14(19)11-6-4-7-12(16)13(11)15/h4,6-7,10,17H,2-3,5,8-9H2,1H3. The summed E-state index contributed by atoms with van der Waals surface area (Å²) in [5, 5.41) is 3.28. The highest BCUT2D eigenvalue weighted by molar-refractivity contribution is 6.33. The maximum absolute atomic E-state index is 13.3. The highest BCUT2D eigenvalue weighted by atomic mass is 35.5. The Morgan fingerprint density at radius 3 is 3.00 bits per heavy atom. The Labute approximate surface area is 117 Å². The van der Waals surface area contributed by atoms with Crippen LogP contribution in [0.5, 0.6) is 0 Å². The molecule has 19 heavy (non-hydrogen) atoms. The summed E-state index contributed by atoms with van der Waals surface area (Å²) < 4.78 is 13.3. The zero-order valence-corrected chi connectivity index (χ0v) is 11.7. The SMILES string of the molecule is CN(CC1CCCCN1)C(=O)c1cccc(F)c1Cl. The van der Waals surface area contributed by atoms with E-state index in [0.29, 0.717) is 12.6 Å². The van der Waals surface area contributed by atoms with Crippen LogP contribution < -0.4 is 5.32 Å². The smallest absolute Gasteiger partial charge is 0.255 e. The molecule has 0 radical (unpaired) electrons. The molecule has 1 aliphatic rings. The van der Waals surface area contributed by atoms with E-state index in [2.05, 4.69) is 5.32 Å². The molecular formula is C14H18ClFN2O. The van der Waals surface area contributed by atoms with E-state index in [0.717, 1.165) is 13.0 Å². The Morgan fingerprint density at radius 2 is 2.32 bits per heavy atom. The summed E-state index contributed by atoms with van der Waals surface area (Å²) in [5.74, 6) is -0.798. The lowest BCUT2D eigenvalue weighted by molar-refractivity contribution is 0.0775. The first-order valence-electron chi connectivity index (χ1n) is 6.52. The molecule has 3 nitrogen and oxygen atoms in total. The van der Waals surface area contributed by atoms with Crippen molar-refractivity contribution in [1.82, 2.24) is 10.2 Å². The second-order valence-corrected chi connectivity index (χ2v) is 5.31. The molecule has 1 saturated heterocycles. The van der Waals surface area contributed by atoms with Crippen molar-refractivity contribution < 1.29 is 9.18 Å². The third-order valence-corrected chi connectivity index (χ3v) is 3.82. The van der Waals surface area contributed by atoms with E-state index in [1.807, 2.05) is 0 Å². The predicted molar refractivity (Wildman–Crippen MR) is 74.0 cm³/mol. The van der Waals surface area contributed by atoms with Gasteiger partial charge >= 0.3 is 0 Å². The Balaban J connectivity index is 2.03. The van der Waals surface area contributed by atoms with Gasteiger partial charge in [-0.15, -0.1) is 0 Å². The van der Waals surface area contributed by atoms with Crippen molar-refractivity contribution in [2.24, 2.45) is 0 Å². The summed E-state index contributed by atoms with van der Waals surface area (Å²) >= 11 is 5.84. The van der Waals surface area contributed by atoms with Crippen LogP contribution in [0.15, 0.2) is 18.2 Å². The van der Waals surface area contributed by atoms with Crippen molar-refractivity contribution in [3.8, 4) is 0 Å². The van der Waals surface area contributed by atoms with Crippen LogP contribution in [0.1, 0.15) is 29.6 Å². The third-order valence-electron chi connectivity index (χ3n) is 3.44. The molecule has 0 spiro atoms. The van der Waals surface area contributed by atoms with Crippen LogP contribution in [-0.2, 0) is 0 Å². The quantitative estimate of drug-likeness (QED) is 0.926. The van der Waals surface area contributed by atoms with Crippen LogP contribution in [0.2, 0.25) is 5.02 Å². The van der Waals surface area contributed by atoms with Gasteiger partial charge in [-0.1, -0.05) is 24.1 Å². The third kappa shape index (κ3) is 3.45. The molecule has 1 heterocycles. The van der Waals surface area contributed by atoms with Crippen molar-refractivity contribution >= 4 is 17.5 Å². The maximum atomic E-state index is 13.3. The number of benzene rings is 1. The van der Waals surface area contributed by atoms with Gasteiger partial charge < -0.3 is 10.2 Å². The number of carbonyl (C=O) groups is 1. The first kappa shape index (κ1) is 14.3. The zero-order chi connectivity index (χ0) is 13.8. The van der Waals surface area contributed by atoms with Gasteiger partial charge in [-0.2, -0.15) is 0 Å². The number of hydrogen-bond donors (Lipinski definition) is 1. The van der Waals surface area contributed by atoms with Gasteiger partial charge in [0.2, 0.25) is 0 Å². The number of amides is 1. The van der Waals surface area contributed by atoms with E-state index >= 15 is 0 Å². The summed E-state index contributed by atoms with van der Waals surface area (Å²) in [4.78, 5) is 13.8. The fourth-order valence-corrected chi connectivity index (χ4v) is 2.57. The number of hydrogen-bond acceptors (Lipinski definition) is 2. The monoisotopic (exact) mass is 284 g/mol. The topological polar surface area (TPSA) is 32.3 Å². The second-order valence-electron chi connectivity index (χ2n) is 4.93. The van der Waals surface area contributed by atoms with Gasteiger partial charge in [0, 0.05) is 19.6 Å². The van der Waals surface area contributed by atoms with Crippen LogP contribution in [0.3, 0.4) is 0 Å². The molecule has 0 aromatic heterocycles. The Hall–Kier alpha value is -1.13. The molecule has 1 aromatic carbocycles. The Bertz CT molecular complexity index is 461. The number of nitrogens with zero attached hydrogens (tertiary/aromatic N) is 1. The minimum absolute atomic E-state index is 0.101. The predicted octanol–water partition coefficient (Wildman–Crippen LogP) is 2.69. The number of likely N-dealkylation sites (N-methyl/N-ethyl adjacent to an activating group) is 1. The second kappa shape index (κ2) is 6.35. The van der Waals surface area contributed by atoms with Gasteiger partial charge in [-0.05, 0) is 31.5 Å². The number of rotatable bonds is 3. The van der Waals surface area contributed by atoms with E-state index in [4.69, 9.17) is 11.6 Å². The molecule has 1 aromatic rings. The van der Waals surface area contributed by atoms with Gasteiger partial charge in [0.25, 0.3) is 5.91 Å². The molecule has 0 aliphatic carbocycles. The highest BCUT2D eigenvalue weighted by Gasteiger charge is 2.21. The molecule has 1 fully saturated rings. The van der Waals surface area contributed by atoms with Gasteiger partial charge in [-0.25, -0.2) is 4.39 Å². The minimum atomic E-state index is -0.559.